The molecule has 0 aromatic heterocycles. The second kappa shape index (κ2) is 4.21. The van der Waals surface area contributed by atoms with Crippen LogP contribution >= 0.6 is 11.6 Å². The number of hydrogen-bond acceptors (Lipinski definition) is 3. The van der Waals surface area contributed by atoms with Gasteiger partial charge < -0.3 is 5.73 Å². The number of nitro groups is 1. The normalized spacial score (nSPS) is 12.1. The monoisotopic (exact) mass is 212 g/mol. The van der Waals surface area contributed by atoms with Crippen molar-refractivity contribution in [3.63, 3.8) is 0 Å². The Bertz CT molecular complexity index is 379. The molecule has 0 radical (unpaired) electrons. The number of para-hydroxylation sites is 1. The van der Waals surface area contributed by atoms with Crippen LogP contribution in [0.4, 0.5) is 5.69 Å². The molecule has 0 bridgehead atoms. The van der Waals surface area contributed by atoms with E-state index in [1.807, 2.05) is 0 Å². The van der Waals surface area contributed by atoms with Crippen LogP contribution in [0.5, 0.6) is 0 Å². The van der Waals surface area contributed by atoms with E-state index in [1.54, 1.807) is 12.1 Å². The van der Waals surface area contributed by atoms with E-state index >= 15 is 0 Å². The van der Waals surface area contributed by atoms with Crippen molar-refractivity contribution in [2.45, 2.75) is 6.04 Å². The lowest BCUT2D eigenvalue weighted by atomic mass is 10.1. The summed E-state index contributed by atoms with van der Waals surface area (Å²) in [7, 11) is 0. The summed E-state index contributed by atoms with van der Waals surface area (Å²) in [6.45, 7) is 3.48. The molecule has 0 amide bonds. The molecule has 1 rings (SSSR count). The van der Waals surface area contributed by atoms with E-state index in [2.05, 4.69) is 6.58 Å². The molecule has 0 saturated heterocycles. The fourth-order valence-electron chi connectivity index (χ4n) is 1.12. The van der Waals surface area contributed by atoms with Gasteiger partial charge in [0.15, 0.2) is 0 Å². The summed E-state index contributed by atoms with van der Waals surface area (Å²) in [6.07, 6.45) is 1.43. The molecule has 4 nitrogen and oxygen atoms in total. The van der Waals surface area contributed by atoms with Crippen LogP contribution in [0.15, 0.2) is 30.9 Å². The van der Waals surface area contributed by atoms with Gasteiger partial charge in [-0.2, -0.15) is 0 Å². The number of nitrogens with zero attached hydrogens (tertiary/aromatic N) is 1. The molecule has 0 unspecified atom stereocenters. The maximum Gasteiger partial charge on any atom is 0.292 e. The summed E-state index contributed by atoms with van der Waals surface area (Å²) in [5, 5.41) is 10.8. The van der Waals surface area contributed by atoms with Crippen LogP contribution in [-0.2, 0) is 0 Å². The first-order valence-electron chi connectivity index (χ1n) is 3.89. The minimum absolute atomic E-state index is 0.0878. The van der Waals surface area contributed by atoms with Gasteiger partial charge in [-0.3, -0.25) is 10.1 Å². The number of nitrogens with two attached hydrogens (primary N) is 1. The van der Waals surface area contributed by atoms with E-state index < -0.39 is 11.0 Å². The minimum atomic E-state index is -0.575. The Morgan fingerprint density at radius 1 is 1.64 bits per heavy atom. The predicted octanol–water partition coefficient (Wildman–Crippen LogP) is 2.43. The van der Waals surface area contributed by atoms with Gasteiger partial charge in [0, 0.05) is 0 Å². The molecule has 0 spiro atoms. The van der Waals surface area contributed by atoms with Crippen LogP contribution in [0.2, 0.25) is 5.02 Å². The van der Waals surface area contributed by atoms with E-state index in [0.717, 1.165) is 0 Å². The third-order valence-corrected chi connectivity index (χ3v) is 2.12. The Balaban J connectivity index is 3.35. The maximum atomic E-state index is 10.7. The highest BCUT2D eigenvalue weighted by Gasteiger charge is 2.20. The molecule has 0 aliphatic rings. The Morgan fingerprint density at radius 3 is 2.79 bits per heavy atom. The summed E-state index contributed by atoms with van der Waals surface area (Å²) in [5.74, 6) is 0. The Kier molecular flexibility index (Phi) is 3.22. The molecule has 0 aliphatic carbocycles. The number of halogens is 1. The molecule has 1 aromatic rings. The van der Waals surface area contributed by atoms with E-state index in [0.29, 0.717) is 5.56 Å². The fraction of sp³-hybridized carbons (Fsp3) is 0.111. The molecule has 0 saturated carbocycles. The van der Waals surface area contributed by atoms with Gasteiger partial charge >= 0.3 is 0 Å². The summed E-state index contributed by atoms with van der Waals surface area (Å²) in [6, 6.07) is 4.07. The van der Waals surface area contributed by atoms with Crippen LogP contribution in [0.3, 0.4) is 0 Å². The molecule has 0 fully saturated rings. The first kappa shape index (κ1) is 10.7. The van der Waals surface area contributed by atoms with E-state index in [9.17, 15) is 10.1 Å². The Hall–Kier alpha value is -1.39. The lowest BCUT2D eigenvalue weighted by molar-refractivity contribution is -0.385. The van der Waals surface area contributed by atoms with Gasteiger partial charge in [-0.25, -0.2) is 0 Å². The zero-order valence-corrected chi connectivity index (χ0v) is 8.07. The molecule has 1 atom stereocenters. The van der Waals surface area contributed by atoms with Gasteiger partial charge in [-0.05, 0) is 6.07 Å². The van der Waals surface area contributed by atoms with Crippen molar-refractivity contribution in [2.75, 3.05) is 0 Å². The molecular weight excluding hydrogens is 204 g/mol. The Morgan fingerprint density at radius 2 is 2.29 bits per heavy atom. The smallest absolute Gasteiger partial charge is 0.292 e. The molecule has 14 heavy (non-hydrogen) atoms. The summed E-state index contributed by atoms with van der Waals surface area (Å²) in [4.78, 5) is 10.2. The number of hydrogen-bond donors (Lipinski definition) is 1. The van der Waals surface area contributed by atoms with Crippen molar-refractivity contribution in [3.8, 4) is 0 Å². The largest absolute Gasteiger partial charge is 0.321 e. The first-order chi connectivity index (χ1) is 6.57. The number of nitro benzene ring substituents is 1. The van der Waals surface area contributed by atoms with Crippen LogP contribution in [0.25, 0.3) is 0 Å². The van der Waals surface area contributed by atoms with Crippen LogP contribution in [0, 0.1) is 10.1 Å². The summed E-state index contributed by atoms with van der Waals surface area (Å²) < 4.78 is 0. The van der Waals surface area contributed by atoms with Crippen molar-refractivity contribution in [1.29, 1.82) is 0 Å². The zero-order chi connectivity index (χ0) is 10.7. The van der Waals surface area contributed by atoms with E-state index in [4.69, 9.17) is 17.3 Å². The summed E-state index contributed by atoms with van der Waals surface area (Å²) >= 11 is 5.69. The fourth-order valence-corrected chi connectivity index (χ4v) is 1.37. The minimum Gasteiger partial charge on any atom is -0.321 e. The van der Waals surface area contributed by atoms with Gasteiger partial charge in [-0.15, -0.1) is 6.58 Å². The molecule has 0 aliphatic heterocycles. The third kappa shape index (κ3) is 1.92. The van der Waals surface area contributed by atoms with Crippen LogP contribution in [-0.4, -0.2) is 4.92 Å². The van der Waals surface area contributed by atoms with E-state index in [-0.39, 0.29) is 10.7 Å². The van der Waals surface area contributed by atoms with Crippen molar-refractivity contribution in [3.05, 3.63) is 51.6 Å². The lowest BCUT2D eigenvalue weighted by Crippen LogP contribution is -2.09. The molecule has 2 N–H and O–H groups in total. The average molecular weight is 213 g/mol. The quantitative estimate of drug-likeness (QED) is 0.475. The highest BCUT2D eigenvalue weighted by atomic mass is 35.5. The number of rotatable bonds is 3. The highest BCUT2D eigenvalue weighted by molar-refractivity contribution is 6.32. The SMILES string of the molecule is C=C[C@@H](N)c1cccc(Cl)c1[N+](=O)[O-]. The molecule has 5 heteroatoms. The van der Waals surface area contributed by atoms with Gasteiger partial charge in [0.25, 0.3) is 5.69 Å². The average Bonchev–Trinajstić information content (AvgIpc) is 2.15. The zero-order valence-electron chi connectivity index (χ0n) is 7.31. The van der Waals surface area contributed by atoms with Crippen LogP contribution in [0.1, 0.15) is 11.6 Å². The van der Waals surface area contributed by atoms with Gasteiger partial charge in [0.2, 0.25) is 0 Å². The van der Waals surface area contributed by atoms with Crippen molar-refractivity contribution in [2.24, 2.45) is 5.73 Å². The maximum absolute atomic E-state index is 10.7. The van der Waals surface area contributed by atoms with Gasteiger partial charge in [0.1, 0.15) is 5.02 Å². The second-order valence-corrected chi connectivity index (χ2v) is 3.10. The third-order valence-electron chi connectivity index (χ3n) is 1.81. The standard InChI is InChI=1S/C9H9ClN2O2/c1-2-8(11)6-4-3-5-7(10)9(6)12(13)14/h2-5,8H,1,11H2/t8-/m1/s1. The second-order valence-electron chi connectivity index (χ2n) is 2.70. The molecule has 74 valence electrons. The van der Waals surface area contributed by atoms with Gasteiger partial charge in [-0.1, -0.05) is 29.8 Å². The summed E-state index contributed by atoms with van der Waals surface area (Å²) in [5.41, 5.74) is 5.84. The lowest BCUT2D eigenvalue weighted by Gasteiger charge is -2.07. The van der Waals surface area contributed by atoms with Crippen molar-refractivity contribution in [1.82, 2.24) is 0 Å². The highest BCUT2D eigenvalue weighted by Crippen LogP contribution is 2.31. The first-order valence-corrected chi connectivity index (χ1v) is 4.26. The molecule has 0 heterocycles. The van der Waals surface area contributed by atoms with Crippen molar-refractivity contribution >= 4 is 17.3 Å². The van der Waals surface area contributed by atoms with Gasteiger partial charge in [0.05, 0.1) is 16.5 Å². The molecule has 1 aromatic carbocycles. The van der Waals surface area contributed by atoms with Crippen LogP contribution < -0.4 is 5.73 Å². The van der Waals surface area contributed by atoms with E-state index in [1.165, 1.54) is 12.1 Å². The number of benzene rings is 1. The topological polar surface area (TPSA) is 69.2 Å². The molecular formula is C9H9ClN2O2. The predicted molar refractivity (Wildman–Crippen MR) is 55.2 cm³/mol. The van der Waals surface area contributed by atoms with Crippen molar-refractivity contribution < 1.29 is 4.92 Å². The Labute approximate surface area is 86.1 Å².